The number of nitrogens with zero attached hydrogens (tertiary/aromatic N) is 1. The second kappa shape index (κ2) is 8.55. The van der Waals surface area contributed by atoms with Gasteiger partial charge in [-0.1, -0.05) is 12.1 Å². The predicted octanol–water partition coefficient (Wildman–Crippen LogP) is 4.66. The predicted molar refractivity (Wildman–Crippen MR) is 98.6 cm³/mol. The third-order valence-electron chi connectivity index (χ3n) is 2.88. The molecule has 0 aliphatic heterocycles. The van der Waals surface area contributed by atoms with E-state index in [1.54, 1.807) is 18.3 Å². The van der Waals surface area contributed by atoms with Gasteiger partial charge in [0, 0.05) is 17.2 Å². The summed E-state index contributed by atoms with van der Waals surface area (Å²) in [6, 6.07) is 8.45. The summed E-state index contributed by atoms with van der Waals surface area (Å²) in [6.45, 7) is 0.733. The topological polar surface area (TPSA) is 37.0 Å². The van der Waals surface area contributed by atoms with Crippen LogP contribution in [0, 0.1) is 5.82 Å². The fourth-order valence-corrected chi connectivity index (χ4v) is 3.09. The zero-order valence-electron chi connectivity index (χ0n) is 11.6. The van der Waals surface area contributed by atoms with Crippen LogP contribution in [0.3, 0.4) is 0 Å². The van der Waals surface area contributed by atoms with Crippen molar-refractivity contribution in [2.75, 3.05) is 11.9 Å². The Morgan fingerprint density at radius 3 is 2.64 bits per heavy atom. The van der Waals surface area contributed by atoms with Gasteiger partial charge in [-0.3, -0.25) is 0 Å². The molecule has 0 aliphatic carbocycles. The van der Waals surface area contributed by atoms with E-state index in [1.165, 1.54) is 12.1 Å². The molecule has 1 heterocycles. The SMILES string of the molecule is Fc1ccc(CCCNC(=S)Nc2ncc(Br)cc2Br)cc1. The minimum absolute atomic E-state index is 0.208. The Bertz CT molecular complexity index is 650. The molecule has 1 aromatic carbocycles. The van der Waals surface area contributed by atoms with Crippen LogP contribution in [0.2, 0.25) is 0 Å². The van der Waals surface area contributed by atoms with Crippen molar-refractivity contribution in [2.45, 2.75) is 12.8 Å². The quantitative estimate of drug-likeness (QED) is 0.517. The van der Waals surface area contributed by atoms with Crippen molar-refractivity contribution in [3.63, 3.8) is 0 Å². The molecule has 0 bridgehead atoms. The van der Waals surface area contributed by atoms with Gasteiger partial charge >= 0.3 is 0 Å². The van der Waals surface area contributed by atoms with Gasteiger partial charge in [0.1, 0.15) is 11.6 Å². The van der Waals surface area contributed by atoms with Crippen molar-refractivity contribution in [2.24, 2.45) is 0 Å². The smallest absolute Gasteiger partial charge is 0.171 e. The standard InChI is InChI=1S/C15H14Br2FN3S/c16-11-8-13(17)14(20-9-11)21-15(22)19-7-1-2-10-3-5-12(18)6-4-10/h3-6,8-9H,1-2,7H2,(H2,19,20,21,22). The van der Waals surface area contributed by atoms with E-state index in [2.05, 4.69) is 47.5 Å². The number of aromatic nitrogens is 1. The van der Waals surface area contributed by atoms with Gasteiger partial charge in [0.05, 0.1) is 4.47 Å². The van der Waals surface area contributed by atoms with E-state index in [0.29, 0.717) is 10.9 Å². The first-order chi connectivity index (χ1) is 10.5. The molecule has 2 aromatic rings. The molecule has 0 radical (unpaired) electrons. The van der Waals surface area contributed by atoms with Crippen LogP contribution in [0.4, 0.5) is 10.2 Å². The number of benzene rings is 1. The number of rotatable bonds is 5. The number of hydrogen-bond donors (Lipinski definition) is 2. The normalized spacial score (nSPS) is 10.3. The lowest BCUT2D eigenvalue weighted by Crippen LogP contribution is -2.30. The zero-order valence-corrected chi connectivity index (χ0v) is 15.6. The van der Waals surface area contributed by atoms with Crippen LogP contribution in [0.5, 0.6) is 0 Å². The summed E-state index contributed by atoms with van der Waals surface area (Å²) in [7, 11) is 0. The van der Waals surface area contributed by atoms with Crippen LogP contribution in [-0.4, -0.2) is 16.6 Å². The van der Waals surface area contributed by atoms with Gasteiger partial charge in [0.2, 0.25) is 0 Å². The molecule has 3 nitrogen and oxygen atoms in total. The summed E-state index contributed by atoms with van der Waals surface area (Å²) in [4.78, 5) is 4.23. The van der Waals surface area contributed by atoms with E-state index in [0.717, 1.165) is 33.9 Å². The number of halogens is 3. The van der Waals surface area contributed by atoms with Crippen LogP contribution < -0.4 is 10.6 Å². The molecule has 0 aliphatic rings. The number of nitrogens with one attached hydrogen (secondary N) is 2. The van der Waals surface area contributed by atoms with Gasteiger partial charge < -0.3 is 10.6 Å². The first kappa shape index (κ1) is 17.3. The summed E-state index contributed by atoms with van der Waals surface area (Å²) < 4.78 is 14.5. The van der Waals surface area contributed by atoms with E-state index in [9.17, 15) is 4.39 Å². The molecule has 116 valence electrons. The number of anilines is 1. The summed E-state index contributed by atoms with van der Waals surface area (Å²) in [5.74, 6) is 0.457. The summed E-state index contributed by atoms with van der Waals surface area (Å²) in [5.41, 5.74) is 1.11. The van der Waals surface area contributed by atoms with Gasteiger partial charge in [0.15, 0.2) is 5.11 Å². The molecular weight excluding hydrogens is 433 g/mol. The molecule has 2 N–H and O–H groups in total. The maximum Gasteiger partial charge on any atom is 0.171 e. The van der Waals surface area contributed by atoms with Gasteiger partial charge in [-0.05, 0) is 80.7 Å². The van der Waals surface area contributed by atoms with Gasteiger partial charge in [-0.15, -0.1) is 0 Å². The van der Waals surface area contributed by atoms with E-state index in [1.807, 2.05) is 6.07 Å². The second-order valence-corrected chi connectivity index (χ2v) is 6.77. The molecule has 0 unspecified atom stereocenters. The van der Waals surface area contributed by atoms with Crippen LogP contribution in [-0.2, 0) is 6.42 Å². The molecular formula is C15H14Br2FN3S. The fourth-order valence-electron chi connectivity index (χ4n) is 1.80. The molecule has 0 saturated carbocycles. The minimum Gasteiger partial charge on any atom is -0.362 e. The van der Waals surface area contributed by atoms with Crippen molar-refractivity contribution in [3.8, 4) is 0 Å². The molecule has 0 atom stereocenters. The van der Waals surface area contributed by atoms with Crippen molar-refractivity contribution < 1.29 is 4.39 Å². The third kappa shape index (κ3) is 5.62. The highest BCUT2D eigenvalue weighted by molar-refractivity contribution is 9.11. The lowest BCUT2D eigenvalue weighted by atomic mass is 10.1. The van der Waals surface area contributed by atoms with E-state index < -0.39 is 0 Å². The summed E-state index contributed by atoms with van der Waals surface area (Å²) >= 11 is 12.0. The lowest BCUT2D eigenvalue weighted by molar-refractivity contribution is 0.626. The highest BCUT2D eigenvalue weighted by Gasteiger charge is 2.04. The molecule has 0 spiro atoms. The lowest BCUT2D eigenvalue weighted by Gasteiger charge is -2.11. The Morgan fingerprint density at radius 2 is 1.95 bits per heavy atom. The van der Waals surface area contributed by atoms with Crippen LogP contribution >= 0.6 is 44.1 Å². The Balaban J connectivity index is 1.72. The van der Waals surface area contributed by atoms with Gasteiger partial charge in [0.25, 0.3) is 0 Å². The fraction of sp³-hybridized carbons (Fsp3) is 0.200. The first-order valence-corrected chi connectivity index (χ1v) is 8.64. The zero-order chi connectivity index (χ0) is 15.9. The molecule has 1 aromatic heterocycles. The monoisotopic (exact) mass is 445 g/mol. The van der Waals surface area contributed by atoms with Gasteiger partial charge in [-0.2, -0.15) is 0 Å². The van der Waals surface area contributed by atoms with Crippen molar-refractivity contribution in [1.82, 2.24) is 10.3 Å². The van der Waals surface area contributed by atoms with Crippen molar-refractivity contribution >= 4 is 55.0 Å². The van der Waals surface area contributed by atoms with Crippen molar-refractivity contribution in [3.05, 3.63) is 56.9 Å². The van der Waals surface area contributed by atoms with Crippen LogP contribution in [0.25, 0.3) is 0 Å². The maximum absolute atomic E-state index is 12.8. The Labute approximate surface area is 151 Å². The molecule has 7 heteroatoms. The van der Waals surface area contributed by atoms with Gasteiger partial charge in [-0.25, -0.2) is 9.37 Å². The molecule has 22 heavy (non-hydrogen) atoms. The summed E-state index contributed by atoms with van der Waals surface area (Å²) in [6.07, 6.45) is 3.47. The Kier molecular flexibility index (Phi) is 6.72. The highest BCUT2D eigenvalue weighted by atomic mass is 79.9. The average Bonchev–Trinajstić information content (AvgIpc) is 2.48. The number of pyridine rings is 1. The van der Waals surface area contributed by atoms with Crippen LogP contribution in [0.1, 0.15) is 12.0 Å². The summed E-state index contributed by atoms with van der Waals surface area (Å²) in [5, 5.41) is 6.69. The number of aryl methyl sites for hydroxylation is 1. The molecule has 0 saturated heterocycles. The third-order valence-corrected chi connectivity index (χ3v) is 4.17. The average molecular weight is 447 g/mol. The molecule has 0 amide bonds. The second-order valence-electron chi connectivity index (χ2n) is 4.59. The molecule has 0 fully saturated rings. The first-order valence-electron chi connectivity index (χ1n) is 6.65. The Morgan fingerprint density at radius 1 is 1.23 bits per heavy atom. The number of thiocarbonyl (C=S) groups is 1. The van der Waals surface area contributed by atoms with Crippen LogP contribution in [0.15, 0.2) is 45.5 Å². The van der Waals surface area contributed by atoms with E-state index >= 15 is 0 Å². The highest BCUT2D eigenvalue weighted by Crippen LogP contribution is 2.23. The van der Waals surface area contributed by atoms with E-state index in [-0.39, 0.29) is 5.82 Å². The number of hydrogen-bond acceptors (Lipinski definition) is 2. The van der Waals surface area contributed by atoms with E-state index in [4.69, 9.17) is 12.2 Å². The van der Waals surface area contributed by atoms with Crippen molar-refractivity contribution in [1.29, 1.82) is 0 Å². The minimum atomic E-state index is -0.208. The largest absolute Gasteiger partial charge is 0.362 e. The maximum atomic E-state index is 12.8. The Hall–Kier alpha value is -1.05. The molecule has 2 rings (SSSR count).